The predicted octanol–water partition coefficient (Wildman–Crippen LogP) is 4.84. The van der Waals surface area contributed by atoms with Crippen molar-refractivity contribution in [3.05, 3.63) is 27.7 Å². The maximum atomic E-state index is 11.4. The van der Waals surface area contributed by atoms with Crippen LogP contribution in [0.3, 0.4) is 0 Å². The first-order chi connectivity index (χ1) is 8.47. The number of carboxylic acid groups (broad SMARTS) is 1. The van der Waals surface area contributed by atoms with Crippen molar-refractivity contribution in [2.24, 2.45) is 0 Å². The Bertz CT molecular complexity index is 504. The van der Waals surface area contributed by atoms with E-state index in [4.69, 9.17) is 4.43 Å². The van der Waals surface area contributed by atoms with Gasteiger partial charge in [-0.05, 0) is 42.8 Å². The number of rotatable bonds is 3. The lowest BCUT2D eigenvalue weighted by Gasteiger charge is -2.37. The summed E-state index contributed by atoms with van der Waals surface area (Å²) in [7, 11) is -2.04. The summed E-state index contributed by atoms with van der Waals surface area (Å²) < 4.78 is 6.92. The van der Waals surface area contributed by atoms with Crippen molar-refractivity contribution in [1.82, 2.24) is 0 Å². The van der Waals surface area contributed by atoms with E-state index in [0.717, 1.165) is 4.47 Å². The number of hydrogen-bond acceptors (Lipinski definition) is 2. The predicted molar refractivity (Wildman–Crippen MR) is 83.7 cm³/mol. The van der Waals surface area contributed by atoms with E-state index < -0.39 is 14.3 Å². The Morgan fingerprint density at radius 1 is 1.32 bits per heavy atom. The molecule has 0 aromatic heterocycles. The van der Waals surface area contributed by atoms with Gasteiger partial charge in [0.25, 0.3) is 8.32 Å². The summed E-state index contributed by atoms with van der Waals surface area (Å²) in [5, 5.41) is 9.42. The summed E-state index contributed by atoms with van der Waals surface area (Å²) >= 11 is 3.36. The fourth-order valence-electron chi connectivity index (χ4n) is 1.44. The van der Waals surface area contributed by atoms with E-state index in [1.807, 2.05) is 6.07 Å². The van der Waals surface area contributed by atoms with Gasteiger partial charge in [0.05, 0.1) is 0 Å². The Morgan fingerprint density at radius 3 is 2.26 bits per heavy atom. The molecule has 106 valence electrons. The summed E-state index contributed by atoms with van der Waals surface area (Å²) in [6.45, 7) is 12.4. The van der Waals surface area contributed by atoms with Crippen LogP contribution < -0.4 is 4.43 Å². The Labute approximate surface area is 124 Å². The standard InChI is InChI=1S/C14H21BrO3Si/c1-9-10(15)7-8-11(12(9)13(16)17)18-19(5,6)14(2,3)4/h7-8H,1-6H3,(H,16,17). The van der Waals surface area contributed by atoms with Crippen LogP contribution >= 0.6 is 15.9 Å². The van der Waals surface area contributed by atoms with Crippen LogP contribution in [0.5, 0.6) is 5.75 Å². The second kappa shape index (κ2) is 5.29. The van der Waals surface area contributed by atoms with Gasteiger partial charge in [0.1, 0.15) is 11.3 Å². The van der Waals surface area contributed by atoms with Crippen molar-refractivity contribution in [2.45, 2.75) is 45.8 Å². The van der Waals surface area contributed by atoms with E-state index in [0.29, 0.717) is 11.3 Å². The molecule has 0 atom stereocenters. The molecule has 1 N–H and O–H groups in total. The highest BCUT2D eigenvalue weighted by molar-refractivity contribution is 9.10. The first-order valence-electron chi connectivity index (χ1n) is 6.19. The van der Waals surface area contributed by atoms with Crippen molar-refractivity contribution >= 4 is 30.2 Å². The summed E-state index contributed by atoms with van der Waals surface area (Å²) in [6, 6.07) is 3.57. The number of carboxylic acids is 1. The fourth-order valence-corrected chi connectivity index (χ4v) is 2.80. The fraction of sp³-hybridized carbons (Fsp3) is 0.500. The lowest BCUT2D eigenvalue weighted by molar-refractivity contribution is 0.0693. The highest BCUT2D eigenvalue weighted by Crippen LogP contribution is 2.39. The highest BCUT2D eigenvalue weighted by atomic mass is 79.9. The zero-order valence-electron chi connectivity index (χ0n) is 12.3. The maximum Gasteiger partial charge on any atom is 0.339 e. The van der Waals surface area contributed by atoms with E-state index in [9.17, 15) is 9.90 Å². The van der Waals surface area contributed by atoms with Crippen LogP contribution in [0.2, 0.25) is 18.1 Å². The number of carbonyl (C=O) groups is 1. The summed E-state index contributed by atoms with van der Waals surface area (Å²) in [6.07, 6.45) is 0. The Kier molecular flexibility index (Phi) is 4.52. The Hall–Kier alpha value is -0.813. The molecule has 3 nitrogen and oxygen atoms in total. The van der Waals surface area contributed by atoms with Crippen LogP contribution in [-0.2, 0) is 0 Å². The second-order valence-corrected chi connectivity index (χ2v) is 11.8. The number of hydrogen-bond donors (Lipinski definition) is 1. The summed E-state index contributed by atoms with van der Waals surface area (Å²) in [5.41, 5.74) is 0.947. The zero-order chi connectivity index (χ0) is 15.0. The lowest BCUT2D eigenvalue weighted by atomic mass is 10.1. The first kappa shape index (κ1) is 16.2. The molecule has 0 aliphatic rings. The Morgan fingerprint density at radius 2 is 1.84 bits per heavy atom. The molecule has 0 heterocycles. The number of halogens is 1. The van der Waals surface area contributed by atoms with Crippen molar-refractivity contribution in [2.75, 3.05) is 0 Å². The molecule has 0 saturated carbocycles. The minimum atomic E-state index is -2.04. The molecule has 0 saturated heterocycles. The van der Waals surface area contributed by atoms with Crippen molar-refractivity contribution in [3.63, 3.8) is 0 Å². The van der Waals surface area contributed by atoms with Crippen molar-refractivity contribution in [3.8, 4) is 5.75 Å². The third kappa shape index (κ3) is 3.39. The molecule has 5 heteroatoms. The lowest BCUT2D eigenvalue weighted by Crippen LogP contribution is -2.44. The average molecular weight is 345 g/mol. The SMILES string of the molecule is Cc1c(Br)ccc(O[Si](C)(C)C(C)(C)C)c1C(=O)O. The molecule has 0 spiro atoms. The van der Waals surface area contributed by atoms with E-state index in [1.54, 1.807) is 13.0 Å². The molecule has 1 rings (SSSR count). The molecule has 0 aliphatic heterocycles. The quantitative estimate of drug-likeness (QED) is 0.798. The van der Waals surface area contributed by atoms with Crippen LogP contribution in [-0.4, -0.2) is 19.4 Å². The Balaban J connectivity index is 3.30. The molecule has 1 aromatic rings. The van der Waals surface area contributed by atoms with Gasteiger partial charge in [-0.3, -0.25) is 0 Å². The molecule has 0 bridgehead atoms. The van der Waals surface area contributed by atoms with Crippen molar-refractivity contribution in [1.29, 1.82) is 0 Å². The smallest absolute Gasteiger partial charge is 0.339 e. The third-order valence-corrected chi connectivity index (χ3v) is 8.95. The summed E-state index contributed by atoms with van der Waals surface area (Å²) in [4.78, 5) is 11.4. The van der Waals surface area contributed by atoms with Crippen LogP contribution in [0, 0.1) is 6.92 Å². The van der Waals surface area contributed by atoms with Gasteiger partial charge in [-0.2, -0.15) is 0 Å². The van der Waals surface area contributed by atoms with Crippen molar-refractivity contribution < 1.29 is 14.3 Å². The molecule has 0 amide bonds. The van der Waals surface area contributed by atoms with Crippen LogP contribution in [0.1, 0.15) is 36.7 Å². The monoisotopic (exact) mass is 344 g/mol. The molecule has 19 heavy (non-hydrogen) atoms. The summed E-state index contributed by atoms with van der Waals surface area (Å²) in [5.74, 6) is -0.479. The van der Waals surface area contributed by atoms with Gasteiger partial charge < -0.3 is 9.53 Å². The third-order valence-electron chi connectivity index (χ3n) is 3.75. The number of aromatic carboxylic acids is 1. The van der Waals surface area contributed by atoms with Gasteiger partial charge in [0.15, 0.2) is 0 Å². The molecule has 1 aromatic carbocycles. The minimum Gasteiger partial charge on any atom is -0.543 e. The molecule has 0 unspecified atom stereocenters. The van der Waals surface area contributed by atoms with Crippen LogP contribution in [0.15, 0.2) is 16.6 Å². The van der Waals surface area contributed by atoms with Gasteiger partial charge in [0, 0.05) is 4.47 Å². The highest BCUT2D eigenvalue weighted by Gasteiger charge is 2.39. The molecule has 0 radical (unpaired) electrons. The van der Waals surface area contributed by atoms with Crippen LogP contribution in [0.4, 0.5) is 0 Å². The molecule has 0 aliphatic carbocycles. The van der Waals surface area contributed by atoms with Gasteiger partial charge in [-0.1, -0.05) is 36.7 Å². The normalized spacial score (nSPS) is 12.4. The average Bonchev–Trinajstić information content (AvgIpc) is 2.21. The molecular weight excluding hydrogens is 324 g/mol. The molecular formula is C14H21BrO3Si. The van der Waals surface area contributed by atoms with E-state index in [1.165, 1.54) is 0 Å². The van der Waals surface area contributed by atoms with E-state index in [-0.39, 0.29) is 10.6 Å². The van der Waals surface area contributed by atoms with Gasteiger partial charge >= 0.3 is 5.97 Å². The maximum absolute atomic E-state index is 11.4. The molecule has 0 fully saturated rings. The first-order valence-corrected chi connectivity index (χ1v) is 9.89. The van der Waals surface area contributed by atoms with Gasteiger partial charge in [-0.25, -0.2) is 4.79 Å². The number of benzene rings is 1. The second-order valence-electron chi connectivity index (χ2n) is 6.21. The zero-order valence-corrected chi connectivity index (χ0v) is 14.9. The van der Waals surface area contributed by atoms with Gasteiger partial charge in [-0.15, -0.1) is 0 Å². The van der Waals surface area contributed by atoms with Crippen LogP contribution in [0.25, 0.3) is 0 Å². The topological polar surface area (TPSA) is 46.5 Å². The van der Waals surface area contributed by atoms with E-state index in [2.05, 4.69) is 49.8 Å². The minimum absolute atomic E-state index is 0.0315. The van der Waals surface area contributed by atoms with E-state index >= 15 is 0 Å². The van der Waals surface area contributed by atoms with Gasteiger partial charge in [0.2, 0.25) is 0 Å². The largest absolute Gasteiger partial charge is 0.543 e.